The molecule has 122 valence electrons. The fourth-order valence-corrected chi connectivity index (χ4v) is 3.26. The van der Waals surface area contributed by atoms with E-state index in [1.165, 1.54) is 11.8 Å². The molecule has 24 heavy (non-hydrogen) atoms. The van der Waals surface area contributed by atoms with Gasteiger partial charge in [-0.05, 0) is 54.8 Å². The normalized spacial score (nSPS) is 10.6. The van der Waals surface area contributed by atoms with Crippen molar-refractivity contribution in [3.8, 4) is 6.07 Å². The van der Waals surface area contributed by atoms with Crippen molar-refractivity contribution < 1.29 is 4.79 Å². The number of aryl methyl sites for hydroxylation is 2. The molecule has 0 atom stereocenters. The van der Waals surface area contributed by atoms with E-state index in [9.17, 15) is 4.79 Å². The first-order valence-electron chi connectivity index (χ1n) is 7.21. The summed E-state index contributed by atoms with van der Waals surface area (Å²) in [7, 11) is 0. The Hall–Kier alpha value is -2.10. The lowest BCUT2D eigenvalue weighted by molar-refractivity contribution is -0.118. The molecule has 4 nitrogen and oxygen atoms in total. The molecule has 0 unspecified atom stereocenters. The highest BCUT2D eigenvalue weighted by Crippen LogP contribution is 2.28. The quantitative estimate of drug-likeness (QED) is 0.464. The number of carbonyl (C=O) groups is 1. The van der Waals surface area contributed by atoms with Gasteiger partial charge in [-0.15, -0.1) is 11.8 Å². The number of amides is 1. The molecular weight excluding hydrogens is 386 g/mol. The zero-order valence-corrected chi connectivity index (χ0v) is 15.7. The maximum Gasteiger partial charge on any atom is 0.250 e. The second-order valence-electron chi connectivity index (χ2n) is 5.18. The lowest BCUT2D eigenvalue weighted by Gasteiger charge is -2.08. The van der Waals surface area contributed by atoms with Crippen molar-refractivity contribution >= 4 is 39.8 Å². The van der Waals surface area contributed by atoms with Crippen LogP contribution in [0.15, 0.2) is 50.9 Å². The summed E-state index contributed by atoms with van der Waals surface area (Å²) < 4.78 is 1.07. The lowest BCUT2D eigenvalue weighted by atomic mass is 10.2. The van der Waals surface area contributed by atoms with E-state index < -0.39 is 0 Å². The van der Waals surface area contributed by atoms with Gasteiger partial charge in [0.2, 0.25) is 5.91 Å². The van der Waals surface area contributed by atoms with Gasteiger partial charge < -0.3 is 0 Å². The first kappa shape index (κ1) is 18.2. The molecule has 6 heteroatoms. The SMILES string of the molecule is Cc1cc(SCC(=O)NN=Cc2ccc(C#N)cc2)c(C)cc1Br. The van der Waals surface area contributed by atoms with Crippen molar-refractivity contribution in [1.82, 2.24) is 5.43 Å². The highest BCUT2D eigenvalue weighted by molar-refractivity contribution is 9.10. The predicted molar refractivity (Wildman–Crippen MR) is 101 cm³/mol. The number of nitrogens with one attached hydrogen (secondary N) is 1. The molecule has 0 saturated heterocycles. The van der Waals surface area contributed by atoms with Crippen LogP contribution in [0.1, 0.15) is 22.3 Å². The minimum Gasteiger partial charge on any atom is -0.272 e. The Kier molecular flexibility index (Phi) is 6.59. The molecule has 0 fully saturated rings. The average Bonchev–Trinajstić information content (AvgIpc) is 2.57. The van der Waals surface area contributed by atoms with E-state index in [-0.39, 0.29) is 5.91 Å². The highest BCUT2D eigenvalue weighted by atomic mass is 79.9. The summed E-state index contributed by atoms with van der Waals surface area (Å²) in [5, 5.41) is 12.7. The van der Waals surface area contributed by atoms with Gasteiger partial charge in [-0.25, -0.2) is 5.43 Å². The first-order valence-corrected chi connectivity index (χ1v) is 8.99. The number of nitrogens with zero attached hydrogens (tertiary/aromatic N) is 2. The molecule has 1 amide bonds. The van der Waals surface area contributed by atoms with E-state index in [0.29, 0.717) is 11.3 Å². The Morgan fingerprint density at radius 3 is 2.67 bits per heavy atom. The average molecular weight is 402 g/mol. The van der Waals surface area contributed by atoms with E-state index in [0.717, 1.165) is 26.1 Å². The van der Waals surface area contributed by atoms with Crippen molar-refractivity contribution in [2.45, 2.75) is 18.7 Å². The molecule has 0 aliphatic rings. The monoisotopic (exact) mass is 401 g/mol. The van der Waals surface area contributed by atoms with Crippen molar-refractivity contribution in [2.24, 2.45) is 5.10 Å². The minimum atomic E-state index is -0.162. The third kappa shape index (κ3) is 5.22. The Balaban J connectivity index is 1.86. The summed E-state index contributed by atoms with van der Waals surface area (Å²) in [5.41, 5.74) is 6.19. The molecule has 2 aromatic rings. The van der Waals surface area contributed by atoms with Crippen molar-refractivity contribution in [3.63, 3.8) is 0 Å². The molecule has 0 saturated carbocycles. The standard InChI is InChI=1S/C18H16BrN3OS/c1-12-8-17(13(2)7-16(12)19)24-11-18(23)22-21-10-15-5-3-14(9-20)4-6-15/h3-8,10H,11H2,1-2H3,(H,22,23). The number of rotatable bonds is 5. The molecular formula is C18H16BrN3OS. The number of carbonyl (C=O) groups excluding carboxylic acids is 1. The van der Waals surface area contributed by atoms with Gasteiger partial charge in [0.05, 0.1) is 23.6 Å². The van der Waals surface area contributed by atoms with Crippen molar-refractivity contribution in [1.29, 1.82) is 5.26 Å². The Morgan fingerprint density at radius 1 is 1.29 bits per heavy atom. The zero-order chi connectivity index (χ0) is 17.5. The largest absolute Gasteiger partial charge is 0.272 e. The second kappa shape index (κ2) is 8.67. The summed E-state index contributed by atoms with van der Waals surface area (Å²) in [5.74, 6) is 0.136. The summed E-state index contributed by atoms with van der Waals surface area (Å²) in [6.07, 6.45) is 1.55. The number of thioether (sulfide) groups is 1. The summed E-state index contributed by atoms with van der Waals surface area (Å²) >= 11 is 4.99. The molecule has 0 aliphatic heterocycles. The summed E-state index contributed by atoms with van der Waals surface area (Å²) in [4.78, 5) is 13.0. The minimum absolute atomic E-state index is 0.162. The van der Waals surface area contributed by atoms with E-state index in [4.69, 9.17) is 5.26 Å². The zero-order valence-electron chi connectivity index (χ0n) is 13.3. The summed E-state index contributed by atoms with van der Waals surface area (Å²) in [6.45, 7) is 4.04. The molecule has 0 heterocycles. The molecule has 0 radical (unpaired) electrons. The van der Waals surface area contributed by atoms with Crippen LogP contribution < -0.4 is 5.43 Å². The molecule has 0 aromatic heterocycles. The number of hydrogen-bond acceptors (Lipinski definition) is 4. The number of hydrazone groups is 1. The van der Waals surface area contributed by atoms with Crippen LogP contribution in [0.3, 0.4) is 0 Å². The van der Waals surface area contributed by atoms with Crippen LogP contribution >= 0.6 is 27.7 Å². The van der Waals surface area contributed by atoms with Crippen LogP contribution in [0, 0.1) is 25.2 Å². The van der Waals surface area contributed by atoms with Gasteiger partial charge in [0, 0.05) is 9.37 Å². The van der Waals surface area contributed by atoms with Crippen molar-refractivity contribution in [3.05, 3.63) is 63.1 Å². The van der Waals surface area contributed by atoms with Crippen molar-refractivity contribution in [2.75, 3.05) is 5.75 Å². The van der Waals surface area contributed by atoms with Gasteiger partial charge in [0.15, 0.2) is 0 Å². The van der Waals surface area contributed by atoms with Crippen LogP contribution in [-0.4, -0.2) is 17.9 Å². The number of hydrogen-bond donors (Lipinski definition) is 1. The fraction of sp³-hybridized carbons (Fsp3) is 0.167. The third-order valence-electron chi connectivity index (χ3n) is 3.26. The van der Waals surface area contributed by atoms with Crippen LogP contribution in [0.2, 0.25) is 0 Å². The number of halogens is 1. The molecule has 0 spiro atoms. The van der Waals surface area contributed by atoms with Gasteiger partial charge in [-0.2, -0.15) is 10.4 Å². The Morgan fingerprint density at radius 2 is 2.00 bits per heavy atom. The van der Waals surface area contributed by atoms with E-state index in [1.54, 1.807) is 30.5 Å². The number of nitriles is 1. The van der Waals surface area contributed by atoms with Gasteiger partial charge in [-0.3, -0.25) is 4.79 Å². The Labute approximate surface area is 154 Å². The van der Waals surface area contributed by atoms with Gasteiger partial charge in [-0.1, -0.05) is 28.1 Å². The molecule has 1 N–H and O–H groups in total. The third-order valence-corrected chi connectivity index (χ3v) is 5.27. The van der Waals surface area contributed by atoms with Crippen LogP contribution in [0.5, 0.6) is 0 Å². The predicted octanol–water partition coefficient (Wildman–Crippen LogP) is 4.18. The lowest BCUT2D eigenvalue weighted by Crippen LogP contribution is -2.19. The topological polar surface area (TPSA) is 65.2 Å². The first-order chi connectivity index (χ1) is 11.5. The molecule has 2 rings (SSSR count). The smallest absolute Gasteiger partial charge is 0.250 e. The highest BCUT2D eigenvalue weighted by Gasteiger charge is 2.06. The second-order valence-corrected chi connectivity index (χ2v) is 7.05. The van der Waals surface area contributed by atoms with E-state index in [2.05, 4.69) is 44.7 Å². The van der Waals surface area contributed by atoms with Crippen LogP contribution in [-0.2, 0) is 4.79 Å². The van der Waals surface area contributed by atoms with Gasteiger partial charge in [0.25, 0.3) is 0 Å². The Bertz CT molecular complexity index is 810. The maximum absolute atomic E-state index is 11.9. The van der Waals surface area contributed by atoms with Crippen LogP contribution in [0.25, 0.3) is 0 Å². The van der Waals surface area contributed by atoms with Gasteiger partial charge >= 0.3 is 0 Å². The fourth-order valence-electron chi connectivity index (χ4n) is 1.91. The maximum atomic E-state index is 11.9. The van der Waals surface area contributed by atoms with Gasteiger partial charge in [0.1, 0.15) is 0 Å². The summed E-state index contributed by atoms with van der Waals surface area (Å²) in [6, 6.07) is 13.1. The van der Waals surface area contributed by atoms with E-state index >= 15 is 0 Å². The van der Waals surface area contributed by atoms with E-state index in [1.807, 2.05) is 13.8 Å². The number of benzene rings is 2. The molecule has 0 aliphatic carbocycles. The molecule has 2 aromatic carbocycles. The van der Waals surface area contributed by atoms with Crippen LogP contribution in [0.4, 0.5) is 0 Å². The molecule has 0 bridgehead atoms.